The van der Waals surface area contributed by atoms with Crippen LogP contribution in [0.5, 0.6) is 5.75 Å². The van der Waals surface area contributed by atoms with E-state index in [-0.39, 0.29) is 23.2 Å². The van der Waals surface area contributed by atoms with Gasteiger partial charge >= 0.3 is 6.09 Å². The number of hydrogen-bond donors (Lipinski definition) is 2. The number of primary amides is 1. The van der Waals surface area contributed by atoms with Crippen molar-refractivity contribution in [3.8, 4) is 5.75 Å². The molecule has 0 saturated heterocycles. The number of rotatable bonds is 2. The Kier molecular flexibility index (Phi) is 4.62. The maximum absolute atomic E-state index is 12.0. The lowest BCUT2D eigenvalue weighted by molar-refractivity contribution is -0.114. The van der Waals surface area contributed by atoms with E-state index < -0.39 is 6.09 Å². The number of amides is 1. The molecule has 1 aromatic carbocycles. The second-order valence-corrected chi connectivity index (χ2v) is 9.67. The molecule has 2 saturated carbocycles. The van der Waals surface area contributed by atoms with E-state index in [0.29, 0.717) is 24.0 Å². The number of ether oxygens (including phenoxy) is 1. The highest BCUT2D eigenvalue weighted by Gasteiger charge is 2.56. The minimum Gasteiger partial charge on any atom is -0.411 e. The second-order valence-electron chi connectivity index (χ2n) is 9.67. The molecule has 0 spiro atoms. The molecule has 2 fully saturated rings. The largest absolute Gasteiger partial charge is 0.411 e. The van der Waals surface area contributed by atoms with Gasteiger partial charge in [0.05, 0.1) is 6.10 Å². The number of nitrogens with two attached hydrogens (primary N) is 1. The Balaban J connectivity index is 1.61. The fourth-order valence-electron chi connectivity index (χ4n) is 6.82. The van der Waals surface area contributed by atoms with Crippen LogP contribution in [0.2, 0.25) is 0 Å². The van der Waals surface area contributed by atoms with Gasteiger partial charge in [0.2, 0.25) is 0 Å². The molecule has 1 aromatic rings. The van der Waals surface area contributed by atoms with E-state index in [4.69, 9.17) is 10.5 Å². The van der Waals surface area contributed by atoms with Gasteiger partial charge in [-0.1, -0.05) is 24.6 Å². The molecular formula is C25H29NO4. The highest BCUT2D eigenvalue weighted by molar-refractivity contribution is 5.93. The Morgan fingerprint density at radius 2 is 1.90 bits per heavy atom. The number of ketones is 1. The SMILES string of the molecule is C[C@]12C[C@H](c3ccc(OC(N)=O)cc3)C3=C4CCC(=O)C=C4CC[C@H]3[C@@H]1CCC2O. The molecule has 1 unspecified atom stereocenters. The average molecular weight is 408 g/mol. The summed E-state index contributed by atoms with van der Waals surface area (Å²) in [6.07, 6.45) is 7.11. The van der Waals surface area contributed by atoms with Crippen molar-refractivity contribution in [2.45, 2.75) is 63.9 Å². The maximum atomic E-state index is 12.0. The van der Waals surface area contributed by atoms with Crippen molar-refractivity contribution >= 4 is 11.9 Å². The fourth-order valence-corrected chi connectivity index (χ4v) is 6.82. The van der Waals surface area contributed by atoms with E-state index in [1.165, 1.54) is 22.3 Å². The van der Waals surface area contributed by atoms with E-state index in [2.05, 4.69) is 6.92 Å². The predicted octanol–water partition coefficient (Wildman–Crippen LogP) is 4.40. The lowest BCUT2D eigenvalue weighted by Crippen LogP contribution is -2.45. The molecule has 5 atom stereocenters. The Bertz CT molecular complexity index is 960. The monoisotopic (exact) mass is 407 g/mol. The Labute approximate surface area is 177 Å². The van der Waals surface area contributed by atoms with Gasteiger partial charge in [0, 0.05) is 12.3 Å². The van der Waals surface area contributed by atoms with Crippen LogP contribution in [0.3, 0.4) is 0 Å². The zero-order chi connectivity index (χ0) is 21.0. The summed E-state index contributed by atoms with van der Waals surface area (Å²) in [7, 11) is 0. The standard InChI is InChI=1S/C25H29NO4/c1-25-13-20(14-2-6-17(7-3-14)30-24(26)29)23-18-9-5-16(27)12-15(18)4-8-19(23)21(25)10-11-22(25)28/h2-3,6-7,12,19-22,28H,4-5,8-11,13H2,1H3,(H2,26,29)/t19-,20+,21-,22?,25-/m0/s1. The van der Waals surface area contributed by atoms with Crippen molar-refractivity contribution in [3.05, 3.63) is 52.6 Å². The first-order chi connectivity index (χ1) is 14.4. The number of hydrogen-bond acceptors (Lipinski definition) is 4. The first kappa shape index (κ1) is 19.6. The molecule has 30 heavy (non-hydrogen) atoms. The predicted molar refractivity (Wildman–Crippen MR) is 113 cm³/mol. The first-order valence-corrected chi connectivity index (χ1v) is 11.1. The van der Waals surface area contributed by atoms with Gasteiger partial charge in [0.25, 0.3) is 0 Å². The van der Waals surface area contributed by atoms with E-state index in [0.717, 1.165) is 38.5 Å². The van der Waals surface area contributed by atoms with Crippen LogP contribution in [0.1, 0.15) is 63.4 Å². The highest BCUT2D eigenvalue weighted by Crippen LogP contribution is 2.63. The summed E-state index contributed by atoms with van der Waals surface area (Å²) in [6, 6.07) is 7.63. The zero-order valence-electron chi connectivity index (χ0n) is 17.4. The lowest BCUT2D eigenvalue weighted by Gasteiger charge is -2.52. The van der Waals surface area contributed by atoms with E-state index in [1.54, 1.807) is 12.1 Å². The third-order valence-electron chi connectivity index (χ3n) is 8.18. The van der Waals surface area contributed by atoms with Crippen molar-refractivity contribution in [1.29, 1.82) is 0 Å². The van der Waals surface area contributed by atoms with Crippen molar-refractivity contribution in [2.24, 2.45) is 23.0 Å². The number of carbonyl (C=O) groups excluding carboxylic acids is 2. The summed E-state index contributed by atoms with van der Waals surface area (Å²) in [5, 5.41) is 10.9. The molecule has 0 aromatic heterocycles. The van der Waals surface area contributed by atoms with Gasteiger partial charge in [-0.05, 0) is 90.7 Å². The number of allylic oxidation sites excluding steroid dienone is 4. The van der Waals surface area contributed by atoms with Crippen molar-refractivity contribution in [2.75, 3.05) is 0 Å². The van der Waals surface area contributed by atoms with E-state index in [1.807, 2.05) is 18.2 Å². The molecule has 0 bridgehead atoms. The number of carbonyl (C=O) groups is 2. The molecule has 0 aliphatic heterocycles. The average Bonchev–Trinajstić information content (AvgIpc) is 3.01. The van der Waals surface area contributed by atoms with Crippen LogP contribution in [0.25, 0.3) is 0 Å². The molecule has 158 valence electrons. The van der Waals surface area contributed by atoms with Crippen LogP contribution in [0.4, 0.5) is 4.79 Å². The molecule has 5 rings (SSSR count). The van der Waals surface area contributed by atoms with Crippen LogP contribution in [0, 0.1) is 17.3 Å². The minimum atomic E-state index is -0.816. The maximum Gasteiger partial charge on any atom is 0.409 e. The molecule has 1 amide bonds. The quantitative estimate of drug-likeness (QED) is 0.760. The topological polar surface area (TPSA) is 89.6 Å². The highest BCUT2D eigenvalue weighted by atomic mass is 16.5. The van der Waals surface area contributed by atoms with Gasteiger partial charge < -0.3 is 15.6 Å². The normalized spacial score (nSPS) is 35.3. The van der Waals surface area contributed by atoms with E-state index >= 15 is 0 Å². The summed E-state index contributed by atoms with van der Waals surface area (Å²) >= 11 is 0. The van der Waals surface area contributed by atoms with Gasteiger partial charge in [-0.25, -0.2) is 4.79 Å². The lowest BCUT2D eigenvalue weighted by atomic mass is 9.53. The van der Waals surface area contributed by atoms with Crippen LogP contribution in [0.15, 0.2) is 47.1 Å². The van der Waals surface area contributed by atoms with Crippen LogP contribution in [-0.4, -0.2) is 23.1 Å². The Morgan fingerprint density at radius 1 is 1.13 bits per heavy atom. The van der Waals surface area contributed by atoms with Crippen LogP contribution < -0.4 is 10.5 Å². The molecule has 3 N–H and O–H groups in total. The third kappa shape index (κ3) is 3.02. The Hall–Kier alpha value is -2.40. The molecule has 4 aliphatic carbocycles. The number of benzene rings is 1. The number of aliphatic hydroxyl groups excluding tert-OH is 1. The molecular weight excluding hydrogens is 378 g/mol. The van der Waals surface area contributed by atoms with Gasteiger partial charge in [0.15, 0.2) is 5.78 Å². The summed E-state index contributed by atoms with van der Waals surface area (Å²) in [5.41, 5.74) is 10.4. The van der Waals surface area contributed by atoms with Crippen molar-refractivity contribution in [1.82, 2.24) is 0 Å². The molecule has 4 aliphatic rings. The molecule has 0 heterocycles. The second kappa shape index (κ2) is 7.09. The van der Waals surface area contributed by atoms with Gasteiger partial charge in [-0.3, -0.25) is 4.79 Å². The molecule has 5 nitrogen and oxygen atoms in total. The summed E-state index contributed by atoms with van der Waals surface area (Å²) in [6.45, 7) is 2.27. The summed E-state index contributed by atoms with van der Waals surface area (Å²) in [5.74, 6) is 1.86. The third-order valence-corrected chi connectivity index (χ3v) is 8.18. The fraction of sp³-hybridized carbons (Fsp3) is 0.520. The molecule has 5 heteroatoms. The van der Waals surface area contributed by atoms with E-state index in [9.17, 15) is 14.7 Å². The zero-order valence-corrected chi connectivity index (χ0v) is 17.4. The molecule has 0 radical (unpaired) electrons. The van der Waals surface area contributed by atoms with Gasteiger partial charge in [-0.2, -0.15) is 0 Å². The van der Waals surface area contributed by atoms with Crippen molar-refractivity contribution < 1.29 is 19.4 Å². The van der Waals surface area contributed by atoms with Crippen LogP contribution >= 0.6 is 0 Å². The first-order valence-electron chi connectivity index (χ1n) is 11.1. The van der Waals surface area contributed by atoms with Crippen molar-refractivity contribution in [3.63, 3.8) is 0 Å². The summed E-state index contributed by atoms with van der Waals surface area (Å²) < 4.78 is 5.01. The van der Waals surface area contributed by atoms with Gasteiger partial charge in [-0.15, -0.1) is 0 Å². The van der Waals surface area contributed by atoms with Gasteiger partial charge in [0.1, 0.15) is 5.75 Å². The minimum absolute atomic E-state index is 0.0898. The smallest absolute Gasteiger partial charge is 0.409 e. The number of fused-ring (bicyclic) bond motifs is 4. The summed E-state index contributed by atoms with van der Waals surface area (Å²) in [4.78, 5) is 23.1. The Morgan fingerprint density at radius 3 is 2.63 bits per heavy atom. The van der Waals surface area contributed by atoms with Crippen LogP contribution in [-0.2, 0) is 4.79 Å². The number of aliphatic hydroxyl groups is 1.